The number of aryl methyl sites for hydroxylation is 2. The van der Waals surface area contributed by atoms with Gasteiger partial charge in [-0.3, -0.25) is 9.59 Å². The van der Waals surface area contributed by atoms with Crippen LogP contribution in [0.4, 0.5) is 23.3 Å². The Morgan fingerprint density at radius 2 is 1.06 bits per heavy atom. The highest BCUT2D eigenvalue weighted by atomic mass is 35.5. The Morgan fingerprint density at radius 1 is 0.610 bits per heavy atom. The number of aromatic amines is 1. The van der Waals surface area contributed by atoms with Crippen molar-refractivity contribution < 1.29 is 18.0 Å². The topological polar surface area (TPSA) is 223 Å². The molecule has 7 N–H and O–H groups in total. The number of nitrogen functional groups attached to an aromatic ring is 2. The number of nitrogens with zero attached hydrogens (tertiary/aromatic N) is 7. The van der Waals surface area contributed by atoms with Crippen molar-refractivity contribution in [2.24, 2.45) is 0 Å². The molecule has 0 aliphatic carbocycles. The molecular weight excluding hydrogens is 1060 g/mol. The van der Waals surface area contributed by atoms with Crippen molar-refractivity contribution in [3.8, 4) is 22.5 Å². The van der Waals surface area contributed by atoms with Crippen LogP contribution in [0.5, 0.6) is 0 Å². The molecule has 2 aliphatic heterocycles. The molecule has 396 valence electrons. The van der Waals surface area contributed by atoms with Crippen LogP contribution in [0.25, 0.3) is 44.3 Å². The average Bonchev–Trinajstić information content (AvgIpc) is 3.94. The first kappa shape index (κ1) is 54.1. The minimum atomic E-state index is -3.90. The van der Waals surface area contributed by atoms with Gasteiger partial charge in [0.2, 0.25) is 11.9 Å². The van der Waals surface area contributed by atoms with Gasteiger partial charge in [-0.1, -0.05) is 77.3 Å². The van der Waals surface area contributed by atoms with Gasteiger partial charge in [0.05, 0.1) is 44.2 Å². The minimum Gasteiger partial charge on any atom is -0.399 e. The number of hydrogen-bond donors (Lipinski definition) is 5. The highest BCUT2D eigenvalue weighted by molar-refractivity contribution is 7.90. The lowest BCUT2D eigenvalue weighted by Gasteiger charge is -2.32. The second-order valence-electron chi connectivity index (χ2n) is 19.2. The maximum atomic E-state index is 13.9. The summed E-state index contributed by atoms with van der Waals surface area (Å²) in [5.41, 5.74) is 20.9. The fourth-order valence-electron chi connectivity index (χ4n) is 10.0. The Hall–Kier alpha value is -7.70. The van der Waals surface area contributed by atoms with E-state index in [-0.39, 0.29) is 41.2 Å². The average molecular weight is 1110 g/mol. The number of hydrogen-bond acceptors (Lipinski definition) is 12. The van der Waals surface area contributed by atoms with E-state index in [4.69, 9.17) is 44.6 Å². The highest BCUT2D eigenvalue weighted by Crippen LogP contribution is 2.40. The number of fused-ring (bicyclic) bond motifs is 2. The van der Waals surface area contributed by atoms with Gasteiger partial charge in [0, 0.05) is 99.6 Å². The van der Waals surface area contributed by atoms with Crippen LogP contribution in [0.15, 0.2) is 139 Å². The first-order chi connectivity index (χ1) is 36.6. The second-order valence-corrected chi connectivity index (χ2v) is 21.8. The second kappa shape index (κ2) is 22.9. The number of nitrogens with one attached hydrogen (secondary N) is 3. The summed E-state index contributed by atoms with van der Waals surface area (Å²) in [5.74, 6) is 0.951. The van der Waals surface area contributed by atoms with Crippen LogP contribution >= 0.6 is 35.6 Å². The Bertz CT molecular complexity index is 3730. The number of nitrogens with two attached hydrogens (primary N) is 2. The number of aromatic nitrogens is 6. The van der Waals surface area contributed by atoms with Crippen molar-refractivity contribution in [2.45, 2.75) is 63.4 Å². The van der Waals surface area contributed by atoms with Gasteiger partial charge in [0.25, 0.3) is 21.8 Å². The van der Waals surface area contributed by atoms with Gasteiger partial charge in [-0.25, -0.2) is 32.3 Å². The summed E-state index contributed by atoms with van der Waals surface area (Å²) in [5, 5.41) is 9.46. The third kappa shape index (κ3) is 11.4. The molecule has 6 heterocycles. The molecule has 20 heteroatoms. The molecule has 4 aromatic heterocycles. The number of rotatable bonds is 10. The smallest absolute Gasteiger partial charge is 0.268 e. The van der Waals surface area contributed by atoms with Crippen molar-refractivity contribution in [3.63, 3.8) is 0 Å². The van der Waals surface area contributed by atoms with E-state index in [2.05, 4.69) is 31.7 Å². The number of para-hydroxylation sites is 2. The molecule has 0 spiro atoms. The van der Waals surface area contributed by atoms with E-state index < -0.39 is 10.0 Å². The summed E-state index contributed by atoms with van der Waals surface area (Å²) in [6.45, 7) is 8.22. The standard InChI is InChI=1S/C32H31ClN6O3S.C25H25ClN6O.ClH/c1-20-7-13-25(14-8-20)43(41,42)39-21(2)29(26-5-3-4-6-28(26)39)30-27(33)19-35-32(37-30)36-24-15-17-38(18-16-24)31(40)22-9-11-23(34)12-10-22;1-15-22(19-4-2-3-5-21(19)29-15)23-20(26)14-28-25(31-23)30-18-10-12-32(13-11-18)24(33)16-6-8-17(27)9-7-16;/h3-14,19,24H,15-18,34H2,1-2H3,(H,35,36,37);2-9,14,18,29H,10-13,27H2,1H3,(H,28,30,31);1H. The molecule has 2 aliphatic rings. The Balaban J connectivity index is 0.000000191. The quantitative estimate of drug-likeness (QED) is 0.0807. The lowest BCUT2D eigenvalue weighted by molar-refractivity contribution is 0.0710. The Kier molecular flexibility index (Phi) is 16.1. The molecule has 2 saturated heterocycles. The highest BCUT2D eigenvalue weighted by Gasteiger charge is 2.30. The number of amides is 2. The van der Waals surface area contributed by atoms with E-state index in [1.165, 1.54) is 10.2 Å². The van der Waals surface area contributed by atoms with Crippen LogP contribution in [-0.2, 0) is 10.0 Å². The van der Waals surface area contributed by atoms with E-state index in [0.717, 1.165) is 58.8 Å². The van der Waals surface area contributed by atoms with Crippen molar-refractivity contribution in [3.05, 3.63) is 172 Å². The first-order valence-electron chi connectivity index (χ1n) is 25.0. The first-order valence-corrected chi connectivity index (χ1v) is 27.2. The summed E-state index contributed by atoms with van der Waals surface area (Å²) >= 11 is 13.2. The predicted molar refractivity (Wildman–Crippen MR) is 310 cm³/mol. The van der Waals surface area contributed by atoms with E-state index in [1.54, 1.807) is 92.0 Å². The third-order valence-corrected chi connectivity index (χ3v) is 16.4. The van der Waals surface area contributed by atoms with Crippen LogP contribution in [0.1, 0.15) is 63.4 Å². The van der Waals surface area contributed by atoms with Gasteiger partial charge in [-0.05, 0) is 119 Å². The van der Waals surface area contributed by atoms with Crippen LogP contribution < -0.4 is 22.1 Å². The van der Waals surface area contributed by atoms with Gasteiger partial charge in [0.15, 0.2) is 0 Å². The number of halogens is 3. The van der Waals surface area contributed by atoms with Crippen LogP contribution in [0, 0.1) is 20.8 Å². The van der Waals surface area contributed by atoms with Gasteiger partial charge < -0.3 is 36.9 Å². The summed E-state index contributed by atoms with van der Waals surface area (Å²) in [6.07, 6.45) is 6.24. The van der Waals surface area contributed by atoms with E-state index >= 15 is 0 Å². The summed E-state index contributed by atoms with van der Waals surface area (Å²) < 4.78 is 29.1. The monoisotopic (exact) mass is 1110 g/mol. The summed E-state index contributed by atoms with van der Waals surface area (Å²) in [7, 11) is -3.90. The zero-order valence-corrected chi connectivity index (χ0v) is 45.6. The molecule has 77 heavy (non-hydrogen) atoms. The lowest BCUT2D eigenvalue weighted by atomic mass is 10.0. The fraction of sp³-hybridized carbons (Fsp3) is 0.228. The summed E-state index contributed by atoms with van der Waals surface area (Å²) in [6, 6.07) is 36.5. The minimum absolute atomic E-state index is 0. The van der Waals surface area contributed by atoms with Crippen LogP contribution in [-0.4, -0.2) is 97.2 Å². The zero-order chi connectivity index (χ0) is 53.3. The molecule has 0 bridgehead atoms. The summed E-state index contributed by atoms with van der Waals surface area (Å²) in [4.78, 5) is 51.4. The van der Waals surface area contributed by atoms with Crippen molar-refractivity contribution in [1.29, 1.82) is 0 Å². The largest absolute Gasteiger partial charge is 0.399 e. The zero-order valence-electron chi connectivity index (χ0n) is 42.5. The Morgan fingerprint density at radius 3 is 1.57 bits per heavy atom. The molecule has 0 atom stereocenters. The van der Waals surface area contributed by atoms with Crippen LogP contribution in [0.2, 0.25) is 10.0 Å². The predicted octanol–water partition coefficient (Wildman–Crippen LogP) is 11.2. The maximum Gasteiger partial charge on any atom is 0.268 e. The number of benzene rings is 5. The normalized spacial score (nSPS) is 14.2. The van der Waals surface area contributed by atoms with E-state index in [9.17, 15) is 18.0 Å². The van der Waals surface area contributed by atoms with Gasteiger partial charge >= 0.3 is 0 Å². The SMILES string of the molecule is Cc1[nH]c2ccccc2c1-c1nc(NC2CCN(C(=O)c3ccc(N)cc3)CC2)ncc1Cl.Cc1ccc(S(=O)(=O)n2c(C)c(-c3nc(NC4CCN(C(=O)c5ccc(N)cc5)CC4)ncc3Cl)c3ccccc32)cc1.Cl. The van der Waals surface area contributed by atoms with Gasteiger partial charge in [-0.2, -0.15) is 0 Å². The molecule has 11 rings (SSSR count). The molecule has 0 radical (unpaired) electrons. The van der Waals surface area contributed by atoms with E-state index in [1.807, 2.05) is 60.0 Å². The third-order valence-electron chi connectivity index (χ3n) is 14.0. The number of carbonyl (C=O) groups excluding carboxylic acids is 2. The lowest BCUT2D eigenvalue weighted by Crippen LogP contribution is -2.42. The number of H-pyrrole nitrogens is 1. The van der Waals surface area contributed by atoms with Crippen molar-refractivity contribution in [1.82, 2.24) is 38.7 Å². The molecule has 0 saturated carbocycles. The molecule has 5 aromatic carbocycles. The van der Waals surface area contributed by atoms with E-state index in [0.29, 0.717) is 98.8 Å². The van der Waals surface area contributed by atoms with Gasteiger partial charge in [0.1, 0.15) is 0 Å². The Labute approximate surface area is 462 Å². The van der Waals surface area contributed by atoms with Gasteiger partial charge in [-0.15, -0.1) is 12.4 Å². The molecule has 2 fully saturated rings. The number of anilines is 4. The van der Waals surface area contributed by atoms with Crippen molar-refractivity contribution in [2.75, 3.05) is 48.3 Å². The molecule has 16 nitrogen and oxygen atoms in total. The maximum absolute atomic E-state index is 13.9. The molecule has 9 aromatic rings. The van der Waals surface area contributed by atoms with Crippen molar-refractivity contribution >= 4 is 103 Å². The van der Waals surface area contributed by atoms with Crippen LogP contribution in [0.3, 0.4) is 0 Å². The number of likely N-dealkylation sites (tertiary alicyclic amines) is 2. The molecular formula is C57H57Cl3N12O4S. The fourth-order valence-corrected chi connectivity index (χ4v) is 11.9. The molecule has 2 amide bonds. The number of piperidine rings is 2. The number of carbonyl (C=O) groups is 2. The molecule has 0 unspecified atom stereocenters.